The first-order valence-corrected chi connectivity index (χ1v) is 15.5. The lowest BCUT2D eigenvalue weighted by Gasteiger charge is -2.39. The minimum atomic E-state index is -2.09. The van der Waals surface area contributed by atoms with Crippen molar-refractivity contribution in [1.29, 1.82) is 0 Å². The number of nitro groups is 1. The van der Waals surface area contributed by atoms with Crippen LogP contribution in [0.1, 0.15) is 44.5 Å². The van der Waals surface area contributed by atoms with E-state index in [1.165, 1.54) is 12.4 Å². The van der Waals surface area contributed by atoms with E-state index in [0.29, 0.717) is 23.0 Å². The minimum absolute atomic E-state index is 0.00784. The van der Waals surface area contributed by atoms with Crippen LogP contribution in [-0.4, -0.2) is 51.7 Å². The maximum Gasteiger partial charge on any atom is 0.274 e. The van der Waals surface area contributed by atoms with E-state index in [1.807, 2.05) is 10.8 Å². The van der Waals surface area contributed by atoms with Crippen LogP contribution < -0.4 is 0 Å². The zero-order chi connectivity index (χ0) is 27.0. The molecule has 200 valence electrons. The standard InChI is InChI=1S/C25H33ClN4O6Si/c1-25(2,3)37(4,5)36-19-10-21(35-20(19)12-31)29-11-17(22-23(26)27-15-28-24(22)29)14-34-13-16-8-6-7-9-18(16)30(32)33/h6-9,11,15,19-21,31H,10,12-14H2,1-5H3/t19-,20-,21-/m1/s1. The van der Waals surface area contributed by atoms with Crippen molar-refractivity contribution in [2.24, 2.45) is 0 Å². The number of ether oxygens (including phenoxy) is 2. The van der Waals surface area contributed by atoms with Gasteiger partial charge in [-0.15, -0.1) is 0 Å². The van der Waals surface area contributed by atoms with Crippen molar-refractivity contribution in [2.75, 3.05) is 6.61 Å². The number of rotatable bonds is 9. The van der Waals surface area contributed by atoms with E-state index in [9.17, 15) is 15.2 Å². The summed E-state index contributed by atoms with van der Waals surface area (Å²) in [7, 11) is -2.09. The normalized spacial score (nSPS) is 20.6. The summed E-state index contributed by atoms with van der Waals surface area (Å²) in [6.45, 7) is 10.9. The second-order valence-electron chi connectivity index (χ2n) is 10.8. The fraction of sp³-hybridized carbons (Fsp3) is 0.520. The molecule has 1 N–H and O–H groups in total. The summed E-state index contributed by atoms with van der Waals surface area (Å²) in [6, 6.07) is 6.48. The van der Waals surface area contributed by atoms with Gasteiger partial charge in [0.2, 0.25) is 0 Å². The van der Waals surface area contributed by atoms with Gasteiger partial charge in [0.1, 0.15) is 29.5 Å². The van der Waals surface area contributed by atoms with Gasteiger partial charge in [0.05, 0.1) is 41.8 Å². The Balaban J connectivity index is 1.57. The number of hydrogen-bond acceptors (Lipinski definition) is 8. The SMILES string of the molecule is CC(C)(C)[Si](C)(C)O[C@@H]1C[C@H](n2cc(COCc3ccccc3[N+](=O)[O-])c3c(Cl)ncnc32)O[C@@H]1CO. The van der Waals surface area contributed by atoms with Crippen molar-refractivity contribution in [3.05, 3.63) is 63.2 Å². The first-order chi connectivity index (χ1) is 17.4. The Morgan fingerprint density at radius 3 is 2.62 bits per heavy atom. The molecule has 0 spiro atoms. The van der Waals surface area contributed by atoms with Crippen LogP contribution in [0.5, 0.6) is 0 Å². The molecule has 2 aromatic heterocycles. The lowest BCUT2D eigenvalue weighted by atomic mass is 10.2. The minimum Gasteiger partial charge on any atom is -0.411 e. The Kier molecular flexibility index (Phi) is 8.03. The van der Waals surface area contributed by atoms with E-state index in [-0.39, 0.29) is 41.8 Å². The highest BCUT2D eigenvalue weighted by Gasteiger charge is 2.45. The van der Waals surface area contributed by atoms with Crippen LogP contribution in [-0.2, 0) is 27.1 Å². The summed E-state index contributed by atoms with van der Waals surface area (Å²) in [5.74, 6) is 0. The fourth-order valence-electron chi connectivity index (χ4n) is 4.25. The van der Waals surface area contributed by atoms with Gasteiger partial charge >= 0.3 is 0 Å². The van der Waals surface area contributed by atoms with E-state index in [2.05, 4.69) is 43.8 Å². The number of aromatic nitrogens is 3. The molecule has 3 aromatic rings. The van der Waals surface area contributed by atoms with Crippen LogP contribution in [0.15, 0.2) is 36.8 Å². The van der Waals surface area contributed by atoms with Crippen molar-refractivity contribution < 1.29 is 23.9 Å². The topological polar surface area (TPSA) is 122 Å². The van der Waals surface area contributed by atoms with Crippen molar-refractivity contribution in [2.45, 2.75) is 77.0 Å². The van der Waals surface area contributed by atoms with Gasteiger partial charge in [-0.2, -0.15) is 0 Å². The second kappa shape index (κ2) is 10.8. The Hall–Kier alpha value is -2.41. The number of nitrogens with zero attached hydrogens (tertiary/aromatic N) is 4. The van der Waals surface area contributed by atoms with E-state index in [1.54, 1.807) is 18.2 Å². The zero-order valence-electron chi connectivity index (χ0n) is 21.7. The molecule has 3 atom stereocenters. The molecule has 1 saturated heterocycles. The van der Waals surface area contributed by atoms with Crippen LogP contribution in [0.3, 0.4) is 0 Å². The first kappa shape index (κ1) is 27.6. The van der Waals surface area contributed by atoms with Crippen molar-refractivity contribution >= 4 is 36.6 Å². The average molecular weight is 549 g/mol. The predicted octanol–water partition coefficient (Wildman–Crippen LogP) is 5.38. The van der Waals surface area contributed by atoms with Gasteiger partial charge in [-0.05, 0) is 24.2 Å². The summed E-state index contributed by atoms with van der Waals surface area (Å²) in [4.78, 5) is 19.5. The van der Waals surface area contributed by atoms with E-state index in [0.717, 1.165) is 5.56 Å². The number of halogens is 1. The fourth-order valence-corrected chi connectivity index (χ4v) is 5.85. The van der Waals surface area contributed by atoms with E-state index >= 15 is 0 Å². The molecule has 0 bridgehead atoms. The van der Waals surface area contributed by atoms with Gasteiger partial charge in [-0.25, -0.2) is 9.97 Å². The summed E-state index contributed by atoms with van der Waals surface area (Å²) < 4.78 is 20.6. The van der Waals surface area contributed by atoms with Crippen LogP contribution >= 0.6 is 11.6 Å². The summed E-state index contributed by atoms with van der Waals surface area (Å²) in [5, 5.41) is 22.3. The lowest BCUT2D eigenvalue weighted by Crippen LogP contribution is -2.46. The third-order valence-electron chi connectivity index (χ3n) is 7.27. The van der Waals surface area contributed by atoms with Crippen LogP contribution in [0.4, 0.5) is 5.69 Å². The molecular formula is C25H33ClN4O6Si. The Morgan fingerprint density at radius 1 is 1.24 bits per heavy atom. The number of nitro benzene ring substituents is 1. The molecule has 0 aliphatic carbocycles. The van der Waals surface area contributed by atoms with Crippen molar-refractivity contribution in [3.8, 4) is 0 Å². The molecule has 12 heteroatoms. The molecule has 4 rings (SSSR count). The maximum atomic E-state index is 11.3. The molecule has 37 heavy (non-hydrogen) atoms. The van der Waals surface area contributed by atoms with Gasteiger partial charge in [0.25, 0.3) is 5.69 Å². The molecule has 0 unspecified atom stereocenters. The van der Waals surface area contributed by atoms with Crippen molar-refractivity contribution in [1.82, 2.24) is 14.5 Å². The molecule has 0 saturated carbocycles. The molecule has 0 amide bonds. The number of para-hydroxylation sites is 1. The van der Waals surface area contributed by atoms with Crippen LogP contribution in [0.25, 0.3) is 11.0 Å². The van der Waals surface area contributed by atoms with Crippen LogP contribution in [0, 0.1) is 10.1 Å². The Bertz CT molecular complexity index is 1280. The highest BCUT2D eigenvalue weighted by molar-refractivity contribution is 6.74. The molecule has 1 aliphatic rings. The van der Waals surface area contributed by atoms with E-state index in [4.69, 9.17) is 25.5 Å². The maximum absolute atomic E-state index is 11.3. The summed E-state index contributed by atoms with van der Waals surface area (Å²) >= 11 is 6.46. The molecule has 1 fully saturated rings. The van der Waals surface area contributed by atoms with Gasteiger partial charge in [0.15, 0.2) is 8.32 Å². The monoisotopic (exact) mass is 548 g/mol. The Labute approximate surface area is 221 Å². The number of aliphatic hydroxyl groups excluding tert-OH is 1. The quantitative estimate of drug-likeness (QED) is 0.164. The first-order valence-electron chi connectivity index (χ1n) is 12.2. The van der Waals surface area contributed by atoms with Gasteiger partial charge in [-0.1, -0.05) is 44.5 Å². The van der Waals surface area contributed by atoms with Gasteiger partial charge in [0, 0.05) is 24.2 Å². The second-order valence-corrected chi connectivity index (χ2v) is 15.9. The molecule has 1 aliphatic heterocycles. The third kappa shape index (κ3) is 5.71. The predicted molar refractivity (Wildman–Crippen MR) is 142 cm³/mol. The number of aliphatic hydroxyl groups is 1. The molecule has 0 radical (unpaired) electrons. The lowest BCUT2D eigenvalue weighted by molar-refractivity contribution is -0.386. The largest absolute Gasteiger partial charge is 0.411 e. The summed E-state index contributed by atoms with van der Waals surface area (Å²) in [5.41, 5.74) is 1.80. The molecule has 3 heterocycles. The highest BCUT2D eigenvalue weighted by Crippen LogP contribution is 2.42. The van der Waals surface area contributed by atoms with Crippen molar-refractivity contribution in [3.63, 3.8) is 0 Å². The number of benzene rings is 1. The average Bonchev–Trinajstić information content (AvgIpc) is 3.40. The smallest absolute Gasteiger partial charge is 0.274 e. The van der Waals surface area contributed by atoms with Gasteiger partial charge in [-0.3, -0.25) is 10.1 Å². The zero-order valence-corrected chi connectivity index (χ0v) is 23.4. The number of fused-ring (bicyclic) bond motifs is 1. The van der Waals surface area contributed by atoms with Crippen LogP contribution in [0.2, 0.25) is 23.3 Å². The third-order valence-corrected chi connectivity index (χ3v) is 12.1. The van der Waals surface area contributed by atoms with Gasteiger partial charge < -0.3 is 23.6 Å². The molecular weight excluding hydrogens is 516 g/mol. The highest BCUT2D eigenvalue weighted by atomic mass is 35.5. The number of hydrogen-bond donors (Lipinski definition) is 1. The van der Waals surface area contributed by atoms with E-state index < -0.39 is 25.6 Å². The molecule has 1 aromatic carbocycles. The summed E-state index contributed by atoms with van der Waals surface area (Å²) in [6.07, 6.45) is 2.64. The Morgan fingerprint density at radius 2 is 1.95 bits per heavy atom. The molecule has 10 nitrogen and oxygen atoms in total.